The van der Waals surface area contributed by atoms with E-state index < -0.39 is 6.10 Å². The molecule has 0 aliphatic rings. The first-order chi connectivity index (χ1) is 11.0. The fourth-order valence-corrected chi connectivity index (χ4v) is 2.32. The van der Waals surface area contributed by atoms with E-state index in [0.717, 1.165) is 23.8 Å². The van der Waals surface area contributed by atoms with Gasteiger partial charge in [0.05, 0.1) is 6.61 Å². The molecule has 1 aromatic rings. The van der Waals surface area contributed by atoms with Crippen molar-refractivity contribution in [3.8, 4) is 11.5 Å². The molecule has 0 saturated heterocycles. The maximum Gasteiger partial charge on any atom is 0.119 e. The van der Waals surface area contributed by atoms with E-state index in [1.54, 1.807) is 0 Å². The van der Waals surface area contributed by atoms with Crippen LogP contribution in [-0.4, -0.2) is 37.0 Å². The Hall–Kier alpha value is -1.26. The molecule has 0 aliphatic carbocycles. The van der Waals surface area contributed by atoms with Gasteiger partial charge in [0.1, 0.15) is 24.2 Å². The van der Waals surface area contributed by atoms with Gasteiger partial charge in [-0.1, -0.05) is 26.7 Å². The van der Waals surface area contributed by atoms with Crippen molar-refractivity contribution in [2.45, 2.75) is 59.1 Å². The molecule has 1 rings (SSSR count). The molecule has 2 atom stereocenters. The zero-order chi connectivity index (χ0) is 17.1. The van der Waals surface area contributed by atoms with E-state index in [1.165, 1.54) is 12.8 Å². The van der Waals surface area contributed by atoms with Crippen molar-refractivity contribution >= 4 is 0 Å². The van der Waals surface area contributed by atoms with Crippen molar-refractivity contribution < 1.29 is 14.6 Å². The Morgan fingerprint density at radius 3 is 2.17 bits per heavy atom. The second-order valence-corrected chi connectivity index (χ2v) is 6.50. The van der Waals surface area contributed by atoms with Crippen LogP contribution in [-0.2, 0) is 0 Å². The maximum atomic E-state index is 10.00. The van der Waals surface area contributed by atoms with Gasteiger partial charge in [0.2, 0.25) is 0 Å². The molecule has 4 heteroatoms. The van der Waals surface area contributed by atoms with Gasteiger partial charge in [0.25, 0.3) is 0 Å². The van der Waals surface area contributed by atoms with E-state index in [2.05, 4.69) is 26.1 Å². The minimum atomic E-state index is -0.505. The Bertz CT molecular complexity index is 406. The second kappa shape index (κ2) is 11.3. The van der Waals surface area contributed by atoms with Crippen LogP contribution in [0.4, 0.5) is 0 Å². The molecular formula is C19H33NO3. The molecule has 1 aromatic carbocycles. The second-order valence-electron chi connectivity index (χ2n) is 6.50. The fraction of sp³-hybridized carbons (Fsp3) is 0.684. The summed E-state index contributed by atoms with van der Waals surface area (Å²) in [5.41, 5.74) is 0. The predicted molar refractivity (Wildman–Crippen MR) is 95.3 cm³/mol. The van der Waals surface area contributed by atoms with Gasteiger partial charge in [-0.2, -0.15) is 0 Å². The molecule has 0 radical (unpaired) electrons. The van der Waals surface area contributed by atoms with Crippen molar-refractivity contribution in [3.05, 3.63) is 24.3 Å². The molecular weight excluding hydrogens is 290 g/mol. The molecule has 4 nitrogen and oxygen atoms in total. The molecule has 0 fully saturated rings. The van der Waals surface area contributed by atoms with Gasteiger partial charge in [-0.25, -0.2) is 0 Å². The highest BCUT2D eigenvalue weighted by Gasteiger charge is 2.08. The topological polar surface area (TPSA) is 50.7 Å². The molecule has 132 valence electrons. The number of hydrogen-bond acceptors (Lipinski definition) is 4. The number of nitrogens with one attached hydrogen (secondary N) is 1. The molecule has 2 N–H and O–H groups in total. The zero-order valence-electron chi connectivity index (χ0n) is 15.0. The standard InChI is InChI=1S/C19H33NO3/c1-5-22-18-9-11-19(12-10-18)23-14-17(21)13-20-16(4)8-6-7-15(2)3/h9-12,15-17,20-21H,5-8,13-14H2,1-4H3/t16-,17+/m0/s1. The quantitative estimate of drug-likeness (QED) is 0.617. The van der Waals surface area contributed by atoms with Gasteiger partial charge in [0, 0.05) is 12.6 Å². The van der Waals surface area contributed by atoms with Crippen molar-refractivity contribution in [2.75, 3.05) is 19.8 Å². The highest BCUT2D eigenvalue weighted by molar-refractivity contribution is 5.31. The highest BCUT2D eigenvalue weighted by atomic mass is 16.5. The molecule has 0 amide bonds. The molecule has 0 unspecified atom stereocenters. The van der Waals surface area contributed by atoms with Crippen LogP contribution in [0, 0.1) is 5.92 Å². The summed E-state index contributed by atoms with van der Waals surface area (Å²) in [4.78, 5) is 0. The van der Waals surface area contributed by atoms with E-state index in [9.17, 15) is 5.11 Å². The lowest BCUT2D eigenvalue weighted by atomic mass is 10.0. The van der Waals surface area contributed by atoms with Crippen LogP contribution in [0.25, 0.3) is 0 Å². The molecule has 0 bridgehead atoms. The van der Waals surface area contributed by atoms with E-state index in [-0.39, 0.29) is 0 Å². The number of aliphatic hydroxyl groups excluding tert-OH is 1. The first-order valence-electron chi connectivity index (χ1n) is 8.78. The van der Waals surface area contributed by atoms with Crippen LogP contribution in [0.2, 0.25) is 0 Å². The van der Waals surface area contributed by atoms with Gasteiger partial charge >= 0.3 is 0 Å². The van der Waals surface area contributed by atoms with E-state index in [4.69, 9.17) is 9.47 Å². The average molecular weight is 323 g/mol. The summed E-state index contributed by atoms with van der Waals surface area (Å²) >= 11 is 0. The third kappa shape index (κ3) is 9.47. The molecule has 0 aromatic heterocycles. The normalized spacial score (nSPS) is 13.8. The average Bonchev–Trinajstić information content (AvgIpc) is 2.52. The summed E-state index contributed by atoms with van der Waals surface area (Å²) in [5, 5.41) is 13.4. The number of ether oxygens (including phenoxy) is 2. The van der Waals surface area contributed by atoms with Crippen LogP contribution in [0.3, 0.4) is 0 Å². The molecule has 0 aliphatic heterocycles. The molecule has 0 heterocycles. The van der Waals surface area contributed by atoms with Crippen molar-refractivity contribution in [1.82, 2.24) is 5.32 Å². The highest BCUT2D eigenvalue weighted by Crippen LogP contribution is 2.17. The molecule has 0 saturated carbocycles. The van der Waals surface area contributed by atoms with Gasteiger partial charge in [-0.05, 0) is 50.5 Å². The first kappa shape index (κ1) is 19.8. The third-order valence-corrected chi connectivity index (χ3v) is 3.70. The van der Waals surface area contributed by atoms with E-state index >= 15 is 0 Å². The smallest absolute Gasteiger partial charge is 0.119 e. The van der Waals surface area contributed by atoms with Gasteiger partial charge in [-0.15, -0.1) is 0 Å². The largest absolute Gasteiger partial charge is 0.494 e. The maximum absolute atomic E-state index is 10.00. The van der Waals surface area contributed by atoms with Crippen molar-refractivity contribution in [3.63, 3.8) is 0 Å². The summed E-state index contributed by atoms with van der Waals surface area (Å²) in [6.07, 6.45) is 3.12. The minimum absolute atomic E-state index is 0.291. The summed E-state index contributed by atoms with van der Waals surface area (Å²) < 4.78 is 11.0. The summed E-state index contributed by atoms with van der Waals surface area (Å²) in [6, 6.07) is 7.90. The lowest BCUT2D eigenvalue weighted by molar-refractivity contribution is 0.103. The molecule has 0 spiro atoms. The summed E-state index contributed by atoms with van der Waals surface area (Å²) in [5.74, 6) is 2.34. The monoisotopic (exact) mass is 323 g/mol. The fourth-order valence-electron chi connectivity index (χ4n) is 2.32. The Kier molecular flexibility index (Phi) is 9.72. The van der Waals surface area contributed by atoms with Crippen LogP contribution in [0.15, 0.2) is 24.3 Å². The minimum Gasteiger partial charge on any atom is -0.494 e. The van der Waals surface area contributed by atoms with Crippen molar-refractivity contribution in [1.29, 1.82) is 0 Å². The number of rotatable bonds is 12. The number of benzene rings is 1. The predicted octanol–water partition coefficient (Wildman–Crippen LogP) is 3.63. The number of hydrogen-bond donors (Lipinski definition) is 2. The van der Waals surface area contributed by atoms with Crippen molar-refractivity contribution in [2.24, 2.45) is 5.92 Å². The SMILES string of the molecule is CCOc1ccc(OC[C@H](O)CN[C@@H](C)CCCC(C)C)cc1. The van der Waals surface area contributed by atoms with Gasteiger partial charge in [-0.3, -0.25) is 0 Å². The third-order valence-electron chi connectivity index (χ3n) is 3.70. The van der Waals surface area contributed by atoms with Gasteiger partial charge < -0.3 is 19.9 Å². The van der Waals surface area contributed by atoms with E-state index in [1.807, 2.05) is 31.2 Å². The summed E-state index contributed by atoms with van der Waals surface area (Å²) in [7, 11) is 0. The Morgan fingerprint density at radius 2 is 1.61 bits per heavy atom. The summed E-state index contributed by atoms with van der Waals surface area (Å²) in [6.45, 7) is 10.1. The van der Waals surface area contributed by atoms with Crippen LogP contribution >= 0.6 is 0 Å². The van der Waals surface area contributed by atoms with Crippen LogP contribution < -0.4 is 14.8 Å². The molecule has 23 heavy (non-hydrogen) atoms. The lowest BCUT2D eigenvalue weighted by Gasteiger charge is -2.18. The Morgan fingerprint density at radius 1 is 1.00 bits per heavy atom. The Labute approximate surface area is 141 Å². The Balaban J connectivity index is 2.17. The van der Waals surface area contributed by atoms with Gasteiger partial charge in [0.15, 0.2) is 0 Å². The number of aliphatic hydroxyl groups is 1. The van der Waals surface area contributed by atoms with Crippen LogP contribution in [0.5, 0.6) is 11.5 Å². The van der Waals surface area contributed by atoms with E-state index in [0.29, 0.717) is 25.8 Å². The first-order valence-corrected chi connectivity index (χ1v) is 8.78. The lowest BCUT2D eigenvalue weighted by Crippen LogP contribution is -2.36. The zero-order valence-corrected chi connectivity index (χ0v) is 15.0. The van der Waals surface area contributed by atoms with Crippen LogP contribution in [0.1, 0.15) is 47.0 Å².